The molecular formula is C16H21N3O. The van der Waals surface area contributed by atoms with E-state index in [9.17, 15) is 0 Å². The largest absolute Gasteiger partial charge is 0.458 e. The Kier molecular flexibility index (Phi) is 3.72. The molecule has 0 amide bonds. The molecule has 20 heavy (non-hydrogen) atoms. The van der Waals surface area contributed by atoms with Crippen molar-refractivity contribution >= 4 is 5.82 Å². The highest BCUT2D eigenvalue weighted by molar-refractivity contribution is 5.56. The number of hydrogen-bond acceptors (Lipinski definition) is 4. The fourth-order valence-electron chi connectivity index (χ4n) is 2.65. The van der Waals surface area contributed by atoms with Crippen LogP contribution in [0.2, 0.25) is 0 Å². The van der Waals surface area contributed by atoms with Gasteiger partial charge < -0.3 is 9.73 Å². The number of aromatic nitrogens is 2. The van der Waals surface area contributed by atoms with E-state index in [4.69, 9.17) is 14.4 Å². The molecule has 0 aliphatic heterocycles. The predicted molar refractivity (Wildman–Crippen MR) is 79.9 cm³/mol. The first-order valence-electron chi connectivity index (χ1n) is 7.48. The van der Waals surface area contributed by atoms with Crippen molar-refractivity contribution in [2.45, 2.75) is 46.0 Å². The van der Waals surface area contributed by atoms with Gasteiger partial charge in [-0.3, -0.25) is 0 Å². The molecule has 0 bridgehead atoms. The monoisotopic (exact) mass is 271 g/mol. The predicted octanol–water partition coefficient (Wildman–Crippen LogP) is 3.75. The zero-order valence-electron chi connectivity index (χ0n) is 12.2. The van der Waals surface area contributed by atoms with Crippen LogP contribution in [-0.2, 0) is 12.8 Å². The van der Waals surface area contributed by atoms with Gasteiger partial charge in [-0.05, 0) is 51.2 Å². The maximum Gasteiger partial charge on any atom is 0.197 e. The summed E-state index contributed by atoms with van der Waals surface area (Å²) in [5.74, 6) is 3.36. The fraction of sp³-hybridized carbons (Fsp3) is 0.500. The Morgan fingerprint density at radius 3 is 2.80 bits per heavy atom. The lowest BCUT2D eigenvalue weighted by molar-refractivity contribution is 0.542. The van der Waals surface area contributed by atoms with E-state index >= 15 is 0 Å². The molecule has 1 N–H and O–H groups in total. The lowest BCUT2D eigenvalue weighted by Crippen LogP contribution is -2.14. The van der Waals surface area contributed by atoms with Crippen LogP contribution >= 0.6 is 0 Å². The van der Waals surface area contributed by atoms with E-state index in [1.165, 1.54) is 24.1 Å². The fourth-order valence-corrected chi connectivity index (χ4v) is 2.65. The SMILES string of the molecule is CCCNc1nc(-c2ccc(C)o2)nc2c1CCCC2. The van der Waals surface area contributed by atoms with Gasteiger partial charge in [0.1, 0.15) is 11.6 Å². The molecule has 0 saturated heterocycles. The molecule has 0 spiro atoms. The second-order valence-electron chi connectivity index (χ2n) is 5.37. The van der Waals surface area contributed by atoms with Crippen LogP contribution in [0.5, 0.6) is 0 Å². The summed E-state index contributed by atoms with van der Waals surface area (Å²) in [6, 6.07) is 3.90. The van der Waals surface area contributed by atoms with E-state index in [0.717, 1.165) is 43.1 Å². The van der Waals surface area contributed by atoms with Crippen LogP contribution < -0.4 is 5.32 Å². The van der Waals surface area contributed by atoms with Gasteiger partial charge in [-0.1, -0.05) is 6.92 Å². The summed E-state index contributed by atoms with van der Waals surface area (Å²) in [7, 11) is 0. The molecule has 4 heteroatoms. The first-order chi connectivity index (χ1) is 9.78. The van der Waals surface area contributed by atoms with E-state index in [2.05, 4.69) is 12.2 Å². The van der Waals surface area contributed by atoms with Crippen molar-refractivity contribution in [1.29, 1.82) is 0 Å². The third-order valence-corrected chi connectivity index (χ3v) is 3.69. The maximum atomic E-state index is 5.67. The maximum absolute atomic E-state index is 5.67. The number of nitrogens with one attached hydrogen (secondary N) is 1. The molecule has 1 aliphatic rings. The first kappa shape index (κ1) is 13.2. The van der Waals surface area contributed by atoms with Gasteiger partial charge >= 0.3 is 0 Å². The van der Waals surface area contributed by atoms with Crippen LogP contribution in [0.1, 0.15) is 43.2 Å². The summed E-state index contributed by atoms with van der Waals surface area (Å²) < 4.78 is 5.67. The summed E-state index contributed by atoms with van der Waals surface area (Å²) >= 11 is 0. The highest BCUT2D eigenvalue weighted by Crippen LogP contribution is 2.29. The number of aryl methyl sites for hydroxylation is 2. The average Bonchev–Trinajstić information content (AvgIpc) is 2.91. The van der Waals surface area contributed by atoms with E-state index in [1.807, 2.05) is 19.1 Å². The summed E-state index contributed by atoms with van der Waals surface area (Å²) in [6.07, 6.45) is 5.67. The molecule has 0 atom stereocenters. The Hall–Kier alpha value is -1.84. The first-order valence-corrected chi connectivity index (χ1v) is 7.48. The topological polar surface area (TPSA) is 51.0 Å². The number of hydrogen-bond donors (Lipinski definition) is 1. The number of anilines is 1. The standard InChI is InChI=1S/C16H21N3O/c1-3-10-17-15-12-6-4-5-7-13(12)18-16(19-15)14-9-8-11(2)20-14/h8-9H,3-7,10H2,1-2H3,(H,17,18,19). The Labute approximate surface area is 119 Å². The van der Waals surface area contributed by atoms with Crippen LogP contribution in [0.4, 0.5) is 5.82 Å². The van der Waals surface area contributed by atoms with Crippen molar-refractivity contribution in [3.8, 4) is 11.6 Å². The van der Waals surface area contributed by atoms with Gasteiger partial charge in [-0.25, -0.2) is 9.97 Å². The normalized spacial score (nSPS) is 14.1. The van der Waals surface area contributed by atoms with Gasteiger partial charge in [0, 0.05) is 17.8 Å². The molecule has 2 aromatic rings. The number of furan rings is 1. The molecular weight excluding hydrogens is 250 g/mol. The van der Waals surface area contributed by atoms with Crippen LogP contribution in [0.25, 0.3) is 11.6 Å². The number of nitrogens with zero attached hydrogens (tertiary/aromatic N) is 2. The molecule has 3 rings (SSSR count). The average molecular weight is 271 g/mol. The highest BCUT2D eigenvalue weighted by atomic mass is 16.3. The third kappa shape index (κ3) is 2.55. The minimum absolute atomic E-state index is 0.706. The van der Waals surface area contributed by atoms with Crippen LogP contribution in [0.15, 0.2) is 16.5 Å². The smallest absolute Gasteiger partial charge is 0.197 e. The molecule has 0 aromatic carbocycles. The molecule has 0 radical (unpaired) electrons. The van der Waals surface area contributed by atoms with Gasteiger partial charge in [0.15, 0.2) is 11.6 Å². The van der Waals surface area contributed by atoms with Crippen molar-refractivity contribution in [3.63, 3.8) is 0 Å². The molecule has 1 aliphatic carbocycles. The van der Waals surface area contributed by atoms with Crippen molar-refractivity contribution in [2.24, 2.45) is 0 Å². The van der Waals surface area contributed by atoms with Crippen LogP contribution in [0, 0.1) is 6.92 Å². The van der Waals surface area contributed by atoms with Crippen molar-refractivity contribution in [2.75, 3.05) is 11.9 Å². The van der Waals surface area contributed by atoms with Gasteiger partial charge in [0.2, 0.25) is 0 Å². The van der Waals surface area contributed by atoms with E-state index in [1.54, 1.807) is 0 Å². The van der Waals surface area contributed by atoms with E-state index in [-0.39, 0.29) is 0 Å². The Morgan fingerprint density at radius 1 is 1.20 bits per heavy atom. The zero-order chi connectivity index (χ0) is 13.9. The molecule has 106 valence electrons. The zero-order valence-corrected chi connectivity index (χ0v) is 12.2. The number of fused-ring (bicyclic) bond motifs is 1. The van der Waals surface area contributed by atoms with E-state index < -0.39 is 0 Å². The van der Waals surface area contributed by atoms with Gasteiger partial charge in [0.25, 0.3) is 0 Å². The molecule has 4 nitrogen and oxygen atoms in total. The Balaban J connectivity index is 2.03. The molecule has 0 fully saturated rings. The van der Waals surface area contributed by atoms with Gasteiger partial charge in [-0.2, -0.15) is 0 Å². The molecule has 2 heterocycles. The van der Waals surface area contributed by atoms with Crippen LogP contribution in [0.3, 0.4) is 0 Å². The van der Waals surface area contributed by atoms with Crippen molar-refractivity contribution in [3.05, 3.63) is 29.2 Å². The molecule has 0 unspecified atom stereocenters. The second kappa shape index (κ2) is 5.65. The lowest BCUT2D eigenvalue weighted by Gasteiger charge is -2.19. The summed E-state index contributed by atoms with van der Waals surface area (Å²) in [5.41, 5.74) is 2.49. The van der Waals surface area contributed by atoms with Crippen LogP contribution in [-0.4, -0.2) is 16.5 Å². The molecule has 0 saturated carbocycles. The van der Waals surface area contributed by atoms with Crippen molar-refractivity contribution in [1.82, 2.24) is 9.97 Å². The summed E-state index contributed by atoms with van der Waals surface area (Å²) in [4.78, 5) is 9.41. The van der Waals surface area contributed by atoms with Gasteiger partial charge in [-0.15, -0.1) is 0 Å². The van der Waals surface area contributed by atoms with Gasteiger partial charge in [0.05, 0.1) is 0 Å². The summed E-state index contributed by atoms with van der Waals surface area (Å²) in [6.45, 7) is 5.05. The van der Waals surface area contributed by atoms with Crippen molar-refractivity contribution < 1.29 is 4.42 Å². The van der Waals surface area contributed by atoms with E-state index in [0.29, 0.717) is 5.82 Å². The Morgan fingerprint density at radius 2 is 2.05 bits per heavy atom. The summed E-state index contributed by atoms with van der Waals surface area (Å²) in [5, 5.41) is 3.45. The molecule has 2 aromatic heterocycles. The number of rotatable bonds is 4. The minimum atomic E-state index is 0.706. The second-order valence-corrected chi connectivity index (χ2v) is 5.37. The Bertz CT molecular complexity index is 604. The lowest BCUT2D eigenvalue weighted by atomic mass is 9.96. The highest BCUT2D eigenvalue weighted by Gasteiger charge is 2.19. The minimum Gasteiger partial charge on any atom is -0.458 e. The third-order valence-electron chi connectivity index (χ3n) is 3.69. The quantitative estimate of drug-likeness (QED) is 0.920.